The number of amidine groups is 1. The highest BCUT2D eigenvalue weighted by Gasteiger charge is 2.39. The summed E-state index contributed by atoms with van der Waals surface area (Å²) in [6, 6.07) is 20.2. The van der Waals surface area contributed by atoms with Gasteiger partial charge in [-0.05, 0) is 53.9 Å². The van der Waals surface area contributed by atoms with Gasteiger partial charge in [-0.2, -0.15) is 0 Å². The zero-order valence-corrected chi connectivity index (χ0v) is 23.7. The number of nitrogens with one attached hydrogen (secondary N) is 2. The zero-order valence-electron chi connectivity index (χ0n) is 22.8. The van der Waals surface area contributed by atoms with Crippen LogP contribution in [0.4, 0.5) is 20.6 Å². The fraction of sp³-hybridized carbons (Fsp3) is 0.161. The molecule has 9 nitrogen and oxygen atoms in total. The Hall–Kier alpha value is -4.90. The smallest absolute Gasteiger partial charge is 0.407 e. The fourth-order valence-corrected chi connectivity index (χ4v) is 5.11. The van der Waals surface area contributed by atoms with E-state index in [2.05, 4.69) is 28.8 Å². The minimum Gasteiger partial charge on any atom is -0.469 e. The second-order valence-electron chi connectivity index (χ2n) is 9.16. The van der Waals surface area contributed by atoms with Gasteiger partial charge in [0.2, 0.25) is 11.8 Å². The average Bonchev–Trinajstić information content (AvgIpc) is 3.27. The van der Waals surface area contributed by atoms with Gasteiger partial charge >= 0.3 is 6.09 Å². The largest absolute Gasteiger partial charge is 0.469 e. The molecule has 0 aliphatic carbocycles. The number of hydrogen-bond donors (Lipinski definition) is 2. The van der Waals surface area contributed by atoms with Crippen molar-refractivity contribution in [3.63, 3.8) is 0 Å². The molecule has 0 radical (unpaired) electrons. The topological polar surface area (TPSA) is 109 Å². The number of hydrogen-bond acceptors (Lipinski definition) is 7. The van der Waals surface area contributed by atoms with E-state index in [1.807, 2.05) is 30.3 Å². The molecule has 2 N–H and O–H groups in total. The van der Waals surface area contributed by atoms with Crippen molar-refractivity contribution < 1.29 is 28.2 Å². The second kappa shape index (κ2) is 14.1. The summed E-state index contributed by atoms with van der Waals surface area (Å²) in [5.41, 5.74) is 3.16. The molecule has 0 saturated carbocycles. The molecule has 216 valence electrons. The van der Waals surface area contributed by atoms with Gasteiger partial charge < -0.3 is 20.1 Å². The van der Waals surface area contributed by atoms with Crippen LogP contribution >= 0.6 is 11.8 Å². The molecule has 0 bridgehead atoms. The van der Waals surface area contributed by atoms with E-state index in [9.17, 15) is 18.8 Å². The van der Waals surface area contributed by atoms with Crippen LogP contribution in [0.15, 0.2) is 103 Å². The summed E-state index contributed by atoms with van der Waals surface area (Å²) in [5, 5.41) is 4.90. The van der Waals surface area contributed by atoms with Gasteiger partial charge in [-0.25, -0.2) is 14.2 Å². The number of halogens is 1. The number of thioether (sulfide) groups is 1. The molecule has 3 amide bonds. The summed E-state index contributed by atoms with van der Waals surface area (Å²) in [6.07, 6.45) is 0.519. The molecule has 1 aliphatic heterocycles. The normalized spacial score (nSPS) is 15.3. The lowest BCUT2D eigenvalue weighted by Gasteiger charge is -2.17. The van der Waals surface area contributed by atoms with Crippen LogP contribution in [0.2, 0.25) is 0 Å². The molecule has 0 aromatic heterocycles. The van der Waals surface area contributed by atoms with Gasteiger partial charge in [-0.3, -0.25) is 14.5 Å². The van der Waals surface area contributed by atoms with E-state index in [1.54, 1.807) is 37.3 Å². The maximum Gasteiger partial charge on any atom is 0.407 e. The number of aliphatic imine (C=N–C) groups is 1. The third-order valence-corrected chi connectivity index (χ3v) is 7.24. The van der Waals surface area contributed by atoms with Crippen molar-refractivity contribution in [3.05, 3.63) is 120 Å². The van der Waals surface area contributed by atoms with E-state index >= 15 is 0 Å². The van der Waals surface area contributed by atoms with E-state index in [1.165, 1.54) is 35.1 Å². The molecule has 3 aromatic rings. The van der Waals surface area contributed by atoms with Crippen LogP contribution in [0.3, 0.4) is 0 Å². The number of carbonyl (C=O) groups is 3. The summed E-state index contributed by atoms with van der Waals surface area (Å²) >= 11 is 1.24. The van der Waals surface area contributed by atoms with Crippen LogP contribution in [0.1, 0.15) is 21.9 Å². The lowest BCUT2D eigenvalue weighted by atomic mass is 10.1. The number of carbonyl (C=O) groups excluding carboxylic acids is 3. The third kappa shape index (κ3) is 8.07. The number of anilines is 1. The van der Waals surface area contributed by atoms with Crippen molar-refractivity contribution in [2.75, 3.05) is 18.4 Å². The van der Waals surface area contributed by atoms with Crippen LogP contribution in [-0.4, -0.2) is 41.1 Å². The number of benzene rings is 3. The predicted octanol–water partition coefficient (Wildman–Crippen LogP) is 5.98. The Morgan fingerprint density at radius 2 is 1.86 bits per heavy atom. The first kappa shape index (κ1) is 30.1. The highest BCUT2D eigenvalue weighted by Crippen LogP contribution is 2.41. The molecule has 1 unspecified atom stereocenters. The maximum atomic E-state index is 13.6. The number of alkyl carbamates (subject to hydrolysis) is 1. The summed E-state index contributed by atoms with van der Waals surface area (Å²) in [6.45, 7) is 8.95. The Bertz CT molecular complexity index is 1510. The number of aryl methyl sites for hydroxylation is 1. The SMILES string of the molecule is C=COC(=C)CN1C(=O)C(c2ccc(NC(=O)CNC(=O)OCc3ccccc3)cc2)SC1=Nc1ccc(F)cc1C. The van der Waals surface area contributed by atoms with E-state index in [-0.39, 0.29) is 31.4 Å². The molecular formula is C31H29FN4O5S. The van der Waals surface area contributed by atoms with Crippen LogP contribution in [-0.2, 0) is 25.7 Å². The number of ether oxygens (including phenoxy) is 2. The Morgan fingerprint density at radius 1 is 1.12 bits per heavy atom. The summed E-state index contributed by atoms with van der Waals surface area (Å²) in [5.74, 6) is -0.747. The van der Waals surface area contributed by atoms with Crippen molar-refractivity contribution in [2.24, 2.45) is 4.99 Å². The molecule has 42 heavy (non-hydrogen) atoms. The van der Waals surface area contributed by atoms with Crippen molar-refractivity contribution in [1.82, 2.24) is 10.2 Å². The lowest BCUT2D eigenvalue weighted by Crippen LogP contribution is -2.33. The standard InChI is InChI=1S/C31H29FN4O5S/c1-4-40-21(3)18-36-29(38)28(42-30(36)35-26-15-12-24(32)16-20(26)2)23-10-13-25(14-11-23)34-27(37)17-33-31(39)41-19-22-8-6-5-7-9-22/h4-16,28H,1,3,17-19H2,2H3,(H,33,39)(H,34,37). The minimum absolute atomic E-state index is 0.0579. The van der Waals surface area contributed by atoms with E-state index in [0.717, 1.165) is 5.56 Å². The van der Waals surface area contributed by atoms with E-state index in [0.29, 0.717) is 33.4 Å². The van der Waals surface area contributed by atoms with Crippen molar-refractivity contribution in [2.45, 2.75) is 18.8 Å². The Balaban J connectivity index is 1.39. The summed E-state index contributed by atoms with van der Waals surface area (Å²) < 4.78 is 24.0. The quantitative estimate of drug-likeness (QED) is 0.267. The second-order valence-corrected chi connectivity index (χ2v) is 10.2. The Labute approximate surface area is 247 Å². The molecule has 1 saturated heterocycles. The maximum absolute atomic E-state index is 13.6. The minimum atomic E-state index is -0.708. The molecule has 1 fully saturated rings. The van der Waals surface area contributed by atoms with E-state index < -0.39 is 17.3 Å². The molecule has 0 spiro atoms. The van der Waals surface area contributed by atoms with E-state index in [4.69, 9.17) is 9.47 Å². The third-order valence-electron chi connectivity index (χ3n) is 6.01. The number of amides is 3. The highest BCUT2D eigenvalue weighted by molar-refractivity contribution is 8.15. The first-order valence-corrected chi connectivity index (χ1v) is 13.7. The van der Waals surface area contributed by atoms with Crippen molar-refractivity contribution in [3.8, 4) is 0 Å². The fourth-order valence-electron chi connectivity index (χ4n) is 3.95. The molecule has 1 heterocycles. The average molecular weight is 589 g/mol. The summed E-state index contributed by atoms with van der Waals surface area (Å²) in [4.78, 5) is 43.8. The van der Waals surface area contributed by atoms with Gasteiger partial charge in [0.25, 0.3) is 0 Å². The van der Waals surface area contributed by atoms with Gasteiger partial charge in [0.05, 0.1) is 18.5 Å². The molecule has 1 aliphatic rings. The van der Waals surface area contributed by atoms with Gasteiger partial charge in [0.15, 0.2) is 5.17 Å². The molecule has 1 atom stereocenters. The Kier molecular flexibility index (Phi) is 10.1. The first-order chi connectivity index (χ1) is 20.2. The van der Waals surface area contributed by atoms with Crippen molar-refractivity contribution >= 4 is 46.2 Å². The van der Waals surface area contributed by atoms with Crippen LogP contribution < -0.4 is 10.6 Å². The highest BCUT2D eigenvalue weighted by atomic mass is 32.2. The molecule has 4 rings (SSSR count). The zero-order chi connectivity index (χ0) is 30.1. The molecule has 11 heteroatoms. The first-order valence-electron chi connectivity index (χ1n) is 12.9. The van der Waals surface area contributed by atoms with Crippen LogP contribution in [0.5, 0.6) is 0 Å². The predicted molar refractivity (Wildman–Crippen MR) is 160 cm³/mol. The van der Waals surface area contributed by atoms with Gasteiger partial charge in [0.1, 0.15) is 30.0 Å². The lowest BCUT2D eigenvalue weighted by molar-refractivity contribution is -0.126. The summed E-state index contributed by atoms with van der Waals surface area (Å²) in [7, 11) is 0. The van der Waals surface area contributed by atoms with Crippen molar-refractivity contribution in [1.29, 1.82) is 0 Å². The number of nitrogens with zero attached hydrogens (tertiary/aromatic N) is 2. The number of rotatable bonds is 11. The van der Waals surface area contributed by atoms with Gasteiger partial charge in [-0.1, -0.05) is 67.4 Å². The molecular weight excluding hydrogens is 559 g/mol. The van der Waals surface area contributed by atoms with Crippen LogP contribution in [0.25, 0.3) is 0 Å². The molecule has 3 aromatic carbocycles. The van der Waals surface area contributed by atoms with Gasteiger partial charge in [0, 0.05) is 5.69 Å². The Morgan fingerprint density at radius 3 is 2.55 bits per heavy atom. The monoisotopic (exact) mass is 588 g/mol. The van der Waals surface area contributed by atoms with Crippen LogP contribution in [0, 0.1) is 12.7 Å². The van der Waals surface area contributed by atoms with Gasteiger partial charge in [-0.15, -0.1) is 0 Å².